The zero-order chi connectivity index (χ0) is 11.4. The number of nitrogens with zero attached hydrogens (tertiary/aromatic N) is 1. The minimum Gasteiger partial charge on any atom is -0.315 e. The summed E-state index contributed by atoms with van der Waals surface area (Å²) in [5.41, 5.74) is 1.41. The summed E-state index contributed by atoms with van der Waals surface area (Å²) < 4.78 is 1.17. The summed E-state index contributed by atoms with van der Waals surface area (Å²) in [4.78, 5) is 2.56. The Kier molecular flexibility index (Phi) is 4.38. The quantitative estimate of drug-likeness (QED) is 0.898. The fourth-order valence-corrected chi connectivity index (χ4v) is 2.77. The Hall–Kier alpha value is -0.380. The Morgan fingerprint density at radius 2 is 2.38 bits per heavy atom. The second kappa shape index (κ2) is 5.80. The molecule has 1 N–H and O–H groups in total. The molecule has 1 heterocycles. The van der Waals surface area contributed by atoms with E-state index in [0.29, 0.717) is 6.04 Å². The van der Waals surface area contributed by atoms with E-state index in [0.717, 1.165) is 19.6 Å². The Morgan fingerprint density at radius 3 is 3.12 bits per heavy atom. The minimum absolute atomic E-state index is 0.519. The van der Waals surface area contributed by atoms with Crippen LogP contribution in [0.15, 0.2) is 28.7 Å². The highest BCUT2D eigenvalue weighted by molar-refractivity contribution is 9.10. The maximum absolute atomic E-state index is 3.55. The third kappa shape index (κ3) is 2.84. The largest absolute Gasteiger partial charge is 0.315 e. The summed E-state index contributed by atoms with van der Waals surface area (Å²) >= 11 is 3.55. The van der Waals surface area contributed by atoms with Gasteiger partial charge in [0.25, 0.3) is 0 Å². The fraction of sp³-hybridized carbons (Fsp3) is 0.538. The van der Waals surface area contributed by atoms with Gasteiger partial charge in [0.05, 0.1) is 0 Å². The van der Waals surface area contributed by atoms with Crippen molar-refractivity contribution in [2.24, 2.45) is 0 Å². The van der Waals surface area contributed by atoms with E-state index in [1.807, 2.05) is 0 Å². The molecule has 1 fully saturated rings. The number of rotatable bonds is 2. The molecule has 0 spiro atoms. The molecule has 1 aromatic carbocycles. The van der Waals surface area contributed by atoms with Gasteiger partial charge in [-0.1, -0.05) is 35.0 Å². The average molecular weight is 283 g/mol. The van der Waals surface area contributed by atoms with Gasteiger partial charge in [-0.05, 0) is 43.8 Å². The molecule has 3 heteroatoms. The first-order chi connectivity index (χ1) is 7.81. The van der Waals surface area contributed by atoms with Crippen LogP contribution in [0.3, 0.4) is 0 Å². The summed E-state index contributed by atoms with van der Waals surface area (Å²) in [6.07, 6.45) is 1.25. The molecule has 16 heavy (non-hydrogen) atoms. The zero-order valence-corrected chi connectivity index (χ0v) is 11.3. The van der Waals surface area contributed by atoms with Crippen LogP contribution in [0.25, 0.3) is 0 Å². The average Bonchev–Trinajstić information content (AvgIpc) is 2.53. The fourth-order valence-electron chi connectivity index (χ4n) is 2.35. The molecule has 1 aromatic rings. The van der Waals surface area contributed by atoms with Crippen LogP contribution >= 0.6 is 15.9 Å². The lowest BCUT2D eigenvalue weighted by molar-refractivity contribution is 0.222. The van der Waals surface area contributed by atoms with Gasteiger partial charge in [0.1, 0.15) is 0 Å². The topological polar surface area (TPSA) is 15.3 Å². The molecule has 1 saturated heterocycles. The summed E-state index contributed by atoms with van der Waals surface area (Å²) in [7, 11) is 0. The van der Waals surface area contributed by atoms with E-state index in [1.54, 1.807) is 0 Å². The molecule has 0 aromatic heterocycles. The van der Waals surface area contributed by atoms with Gasteiger partial charge >= 0.3 is 0 Å². The van der Waals surface area contributed by atoms with Crippen LogP contribution in [0.5, 0.6) is 0 Å². The van der Waals surface area contributed by atoms with E-state index in [9.17, 15) is 0 Å². The lowest BCUT2D eigenvalue weighted by Gasteiger charge is -2.28. The van der Waals surface area contributed by atoms with Gasteiger partial charge in [-0.3, -0.25) is 4.90 Å². The number of benzene rings is 1. The lowest BCUT2D eigenvalue weighted by atomic mass is 10.1. The molecule has 1 aliphatic heterocycles. The van der Waals surface area contributed by atoms with Crippen molar-refractivity contribution < 1.29 is 0 Å². The van der Waals surface area contributed by atoms with Crippen LogP contribution < -0.4 is 5.32 Å². The maximum Gasteiger partial charge on any atom is 0.0472 e. The number of halogens is 1. The molecule has 0 aliphatic carbocycles. The Morgan fingerprint density at radius 1 is 1.50 bits per heavy atom. The third-order valence-electron chi connectivity index (χ3n) is 3.22. The zero-order valence-electron chi connectivity index (χ0n) is 9.75. The molecule has 0 saturated carbocycles. The van der Waals surface area contributed by atoms with Gasteiger partial charge in [-0.15, -0.1) is 0 Å². The number of hydrogen-bond acceptors (Lipinski definition) is 2. The predicted molar refractivity (Wildman–Crippen MR) is 71.6 cm³/mol. The third-order valence-corrected chi connectivity index (χ3v) is 3.71. The standard InChI is InChI=1S/C13H19BrN2/c1-2-16-8-4-7-15-10-13(16)11-5-3-6-12(14)9-11/h3,5-6,9,13,15H,2,4,7-8,10H2,1H3. The van der Waals surface area contributed by atoms with E-state index in [2.05, 4.69) is 57.3 Å². The summed E-state index contributed by atoms with van der Waals surface area (Å²) in [6.45, 7) is 6.77. The van der Waals surface area contributed by atoms with E-state index in [-0.39, 0.29) is 0 Å². The van der Waals surface area contributed by atoms with Crippen LogP contribution in [-0.2, 0) is 0 Å². The van der Waals surface area contributed by atoms with Gasteiger partial charge in [-0.2, -0.15) is 0 Å². The molecule has 2 rings (SSSR count). The van der Waals surface area contributed by atoms with Crippen molar-refractivity contribution in [2.75, 3.05) is 26.2 Å². The molecule has 0 amide bonds. The molecule has 1 atom stereocenters. The van der Waals surface area contributed by atoms with Gasteiger partial charge in [0.2, 0.25) is 0 Å². The first-order valence-corrected chi connectivity index (χ1v) is 6.81. The predicted octanol–water partition coefficient (Wildman–Crippen LogP) is 2.81. The van der Waals surface area contributed by atoms with Gasteiger partial charge in [0.15, 0.2) is 0 Å². The molecular weight excluding hydrogens is 264 g/mol. The van der Waals surface area contributed by atoms with E-state index in [4.69, 9.17) is 0 Å². The summed E-state index contributed by atoms with van der Waals surface area (Å²) in [5, 5.41) is 3.52. The van der Waals surface area contributed by atoms with Crippen LogP contribution in [-0.4, -0.2) is 31.1 Å². The molecule has 0 bridgehead atoms. The Bertz CT molecular complexity index is 340. The van der Waals surface area contributed by atoms with Crippen LogP contribution in [0.2, 0.25) is 0 Å². The highest BCUT2D eigenvalue weighted by Crippen LogP contribution is 2.24. The van der Waals surface area contributed by atoms with Crippen molar-refractivity contribution >= 4 is 15.9 Å². The maximum atomic E-state index is 3.55. The van der Waals surface area contributed by atoms with Crippen LogP contribution in [0, 0.1) is 0 Å². The van der Waals surface area contributed by atoms with Gasteiger partial charge in [-0.25, -0.2) is 0 Å². The van der Waals surface area contributed by atoms with E-state index in [1.165, 1.54) is 23.0 Å². The SMILES string of the molecule is CCN1CCCNCC1c1cccc(Br)c1. The van der Waals surface area contributed by atoms with Crippen molar-refractivity contribution in [3.63, 3.8) is 0 Å². The monoisotopic (exact) mass is 282 g/mol. The minimum atomic E-state index is 0.519. The first kappa shape index (κ1) is 12.1. The summed E-state index contributed by atoms with van der Waals surface area (Å²) in [6, 6.07) is 9.19. The number of hydrogen-bond donors (Lipinski definition) is 1. The highest BCUT2D eigenvalue weighted by atomic mass is 79.9. The number of nitrogens with one attached hydrogen (secondary N) is 1. The van der Waals surface area contributed by atoms with Crippen LogP contribution in [0.4, 0.5) is 0 Å². The van der Waals surface area contributed by atoms with Crippen molar-refractivity contribution in [3.8, 4) is 0 Å². The normalized spacial score (nSPS) is 23.0. The Labute approximate surface area is 106 Å². The Balaban J connectivity index is 2.21. The molecule has 0 radical (unpaired) electrons. The summed E-state index contributed by atoms with van der Waals surface area (Å²) in [5.74, 6) is 0. The molecule has 2 nitrogen and oxygen atoms in total. The van der Waals surface area contributed by atoms with Gasteiger partial charge in [0, 0.05) is 17.1 Å². The smallest absolute Gasteiger partial charge is 0.0472 e. The molecule has 88 valence electrons. The van der Waals surface area contributed by atoms with Crippen molar-refractivity contribution in [1.29, 1.82) is 0 Å². The highest BCUT2D eigenvalue weighted by Gasteiger charge is 2.20. The van der Waals surface area contributed by atoms with E-state index >= 15 is 0 Å². The molecular formula is C13H19BrN2. The lowest BCUT2D eigenvalue weighted by Crippen LogP contribution is -2.32. The van der Waals surface area contributed by atoms with Crippen molar-refractivity contribution in [1.82, 2.24) is 10.2 Å². The first-order valence-electron chi connectivity index (χ1n) is 6.01. The second-order valence-corrected chi connectivity index (χ2v) is 5.17. The molecule has 1 aliphatic rings. The van der Waals surface area contributed by atoms with Crippen molar-refractivity contribution in [3.05, 3.63) is 34.3 Å². The second-order valence-electron chi connectivity index (χ2n) is 4.26. The molecule has 1 unspecified atom stereocenters. The number of likely N-dealkylation sites (N-methyl/N-ethyl adjacent to an activating group) is 1. The van der Waals surface area contributed by atoms with Crippen LogP contribution in [0.1, 0.15) is 24.9 Å². The van der Waals surface area contributed by atoms with Gasteiger partial charge < -0.3 is 5.32 Å². The van der Waals surface area contributed by atoms with E-state index < -0.39 is 0 Å². The van der Waals surface area contributed by atoms with Crippen molar-refractivity contribution in [2.45, 2.75) is 19.4 Å².